The molecule has 0 rings (SSSR count). The van der Waals surface area contributed by atoms with E-state index in [1.807, 2.05) is 0 Å². The third-order valence-electron chi connectivity index (χ3n) is 2.65. The molecule has 0 radical (unpaired) electrons. The second-order valence-electron chi connectivity index (χ2n) is 4.54. The molecule has 0 aromatic heterocycles. The summed E-state index contributed by atoms with van der Waals surface area (Å²) in [6, 6.07) is 0. The zero-order valence-corrected chi connectivity index (χ0v) is 16.2. The van der Waals surface area contributed by atoms with Gasteiger partial charge in [0.25, 0.3) is 0 Å². The van der Waals surface area contributed by atoms with Crippen LogP contribution in [0.2, 0.25) is 0 Å². The third kappa shape index (κ3) is 9.75. The molecule has 0 amide bonds. The van der Waals surface area contributed by atoms with Gasteiger partial charge in [0.15, 0.2) is 0 Å². The van der Waals surface area contributed by atoms with Crippen molar-refractivity contribution in [2.45, 2.75) is 59.3 Å². The van der Waals surface area contributed by atoms with Gasteiger partial charge in [-0.25, -0.2) is 0 Å². The first-order chi connectivity index (χ1) is 9.24. The van der Waals surface area contributed by atoms with E-state index in [9.17, 15) is 0 Å². The van der Waals surface area contributed by atoms with Gasteiger partial charge in [-0.05, 0) is 19.3 Å². The van der Waals surface area contributed by atoms with Gasteiger partial charge in [0, 0.05) is 36.3 Å². The molecule has 116 valence electrons. The molecule has 0 N–H and O–H groups in total. The van der Waals surface area contributed by atoms with Gasteiger partial charge < -0.3 is 17.7 Å². The fourth-order valence-corrected chi connectivity index (χ4v) is 4.55. The lowest BCUT2D eigenvalue weighted by Gasteiger charge is -2.27. The number of rotatable bonds is 14. The fraction of sp³-hybridized carbons (Fsp3) is 1.00. The van der Waals surface area contributed by atoms with Crippen molar-refractivity contribution in [3.8, 4) is 0 Å². The van der Waals surface area contributed by atoms with Crippen LogP contribution >= 0.6 is 0 Å². The highest BCUT2D eigenvalue weighted by Crippen LogP contribution is 2.14. The normalized spacial score (nSPS) is 12.2. The van der Waals surface area contributed by atoms with Gasteiger partial charge in [-0.2, -0.15) is 0 Å². The van der Waals surface area contributed by atoms with Crippen LogP contribution in [-0.2, 0) is 17.7 Å². The average molecular weight is 309 g/mol. The summed E-state index contributed by atoms with van der Waals surface area (Å²) in [6.45, 7) is 8.45. The van der Waals surface area contributed by atoms with Gasteiger partial charge in [0.1, 0.15) is 0 Å². The van der Waals surface area contributed by atoms with Crippen LogP contribution in [0.4, 0.5) is 0 Å². The van der Waals surface area contributed by atoms with E-state index in [2.05, 4.69) is 20.8 Å². The van der Waals surface area contributed by atoms with Crippen LogP contribution in [0.25, 0.3) is 0 Å². The Balaban J connectivity index is 4.37. The summed E-state index contributed by atoms with van der Waals surface area (Å²) < 4.78 is 23.5. The highest BCUT2D eigenvalue weighted by atomic mass is 28.4. The van der Waals surface area contributed by atoms with Crippen molar-refractivity contribution in [2.75, 3.05) is 26.1 Å². The predicted octanol–water partition coefficient (Wildman–Crippen LogP) is 2.21. The Morgan fingerprint density at radius 3 is 1.32 bits per heavy atom. The van der Waals surface area contributed by atoms with E-state index >= 15 is 0 Å². The SMILES string of the molecule is CCCCO[Si](OC[SiH3])(OCCCC)OCCCC. The Morgan fingerprint density at radius 1 is 0.684 bits per heavy atom. The Bertz CT molecular complexity index is 167. The second kappa shape index (κ2) is 13.3. The van der Waals surface area contributed by atoms with Crippen LogP contribution in [0.1, 0.15) is 59.3 Å². The van der Waals surface area contributed by atoms with Gasteiger partial charge in [0.05, 0.1) is 0 Å². The number of hydrogen-bond acceptors (Lipinski definition) is 4. The van der Waals surface area contributed by atoms with Crippen LogP contribution in [0.15, 0.2) is 0 Å². The zero-order chi connectivity index (χ0) is 14.4. The lowest BCUT2D eigenvalue weighted by atomic mass is 10.4. The Morgan fingerprint density at radius 2 is 1.05 bits per heavy atom. The molecule has 0 aliphatic rings. The summed E-state index contributed by atoms with van der Waals surface area (Å²) in [5.74, 6) is 0. The minimum Gasteiger partial charge on any atom is -0.356 e. The molecule has 0 saturated carbocycles. The molecule has 0 unspecified atom stereocenters. The van der Waals surface area contributed by atoms with Crippen molar-refractivity contribution in [2.24, 2.45) is 0 Å². The highest BCUT2D eigenvalue weighted by molar-refractivity contribution is 6.53. The molecule has 0 saturated heterocycles. The monoisotopic (exact) mass is 308 g/mol. The smallest absolute Gasteiger partial charge is 0.356 e. The van der Waals surface area contributed by atoms with Crippen molar-refractivity contribution >= 4 is 19.3 Å². The van der Waals surface area contributed by atoms with E-state index in [0.29, 0.717) is 26.1 Å². The molecule has 0 heterocycles. The first-order valence-corrected chi connectivity index (χ1v) is 10.8. The highest BCUT2D eigenvalue weighted by Gasteiger charge is 2.45. The molecule has 0 aliphatic carbocycles. The molecule has 4 nitrogen and oxygen atoms in total. The second-order valence-corrected chi connectivity index (χ2v) is 7.27. The minimum atomic E-state index is -2.87. The summed E-state index contributed by atoms with van der Waals surface area (Å²) in [6.07, 6.45) is 7.09. The van der Waals surface area contributed by atoms with Crippen LogP contribution in [-0.4, -0.2) is 45.3 Å². The lowest BCUT2D eigenvalue weighted by Crippen LogP contribution is -2.50. The standard InChI is InChI=1S/C13H32O4Si2/c1-4-7-10-14-19(17-13-18,15-11-8-5-2)16-12-9-6-3/h4-13H2,1-3,18H3. The van der Waals surface area contributed by atoms with E-state index in [-0.39, 0.29) is 0 Å². The first-order valence-electron chi connectivity index (χ1n) is 7.80. The molecule has 19 heavy (non-hydrogen) atoms. The molecule has 0 atom stereocenters. The molecule has 6 heteroatoms. The first kappa shape index (κ1) is 19.3. The molecule has 0 fully saturated rings. The topological polar surface area (TPSA) is 36.9 Å². The van der Waals surface area contributed by atoms with Crippen molar-refractivity contribution in [1.29, 1.82) is 0 Å². The van der Waals surface area contributed by atoms with Gasteiger partial charge in [-0.3, -0.25) is 0 Å². The summed E-state index contributed by atoms with van der Waals surface area (Å²) in [4.78, 5) is 0. The number of hydrogen-bond donors (Lipinski definition) is 0. The summed E-state index contributed by atoms with van der Waals surface area (Å²) in [7, 11) is -1.90. The molecular weight excluding hydrogens is 276 g/mol. The molecule has 0 aromatic carbocycles. The van der Waals surface area contributed by atoms with Crippen LogP contribution in [0.5, 0.6) is 0 Å². The van der Waals surface area contributed by atoms with Crippen molar-refractivity contribution in [3.63, 3.8) is 0 Å². The summed E-state index contributed by atoms with van der Waals surface area (Å²) >= 11 is 0. The van der Waals surface area contributed by atoms with Crippen LogP contribution in [0.3, 0.4) is 0 Å². The Kier molecular flexibility index (Phi) is 13.5. The predicted molar refractivity (Wildman–Crippen MR) is 84.2 cm³/mol. The van der Waals surface area contributed by atoms with E-state index in [4.69, 9.17) is 17.7 Å². The van der Waals surface area contributed by atoms with Gasteiger partial charge in [-0.1, -0.05) is 40.0 Å². The van der Waals surface area contributed by atoms with Gasteiger partial charge in [-0.15, -0.1) is 0 Å². The largest absolute Gasteiger partial charge is 0.679 e. The molecule has 0 spiro atoms. The van der Waals surface area contributed by atoms with Gasteiger partial charge >= 0.3 is 9.05 Å². The maximum atomic E-state index is 5.90. The van der Waals surface area contributed by atoms with Crippen molar-refractivity contribution in [1.82, 2.24) is 0 Å². The van der Waals surface area contributed by atoms with Gasteiger partial charge in [0.2, 0.25) is 0 Å². The van der Waals surface area contributed by atoms with E-state index in [1.165, 1.54) is 0 Å². The lowest BCUT2D eigenvalue weighted by molar-refractivity contribution is -0.0278. The molecule has 0 aromatic rings. The molecule has 0 aliphatic heterocycles. The summed E-state index contributed by atoms with van der Waals surface area (Å²) in [5, 5.41) is 0. The fourth-order valence-electron chi connectivity index (χ4n) is 1.45. The minimum absolute atomic E-state index is 0.669. The van der Waals surface area contributed by atoms with Crippen molar-refractivity contribution < 1.29 is 17.7 Å². The Hall–Kier alpha value is 0.274. The van der Waals surface area contributed by atoms with Crippen LogP contribution < -0.4 is 0 Å². The van der Waals surface area contributed by atoms with Crippen LogP contribution in [0, 0.1) is 0 Å². The van der Waals surface area contributed by atoms with E-state index in [1.54, 1.807) is 0 Å². The van der Waals surface area contributed by atoms with E-state index < -0.39 is 9.05 Å². The summed E-state index contributed by atoms with van der Waals surface area (Å²) in [5.41, 5.74) is 0. The molecular formula is C13H32O4Si2. The maximum Gasteiger partial charge on any atom is 0.679 e. The third-order valence-corrected chi connectivity index (χ3v) is 5.83. The maximum absolute atomic E-state index is 5.90. The van der Waals surface area contributed by atoms with Crippen molar-refractivity contribution in [3.05, 3.63) is 0 Å². The molecule has 0 bridgehead atoms. The Labute approximate surface area is 123 Å². The number of unbranched alkanes of at least 4 members (excludes halogenated alkanes) is 3. The zero-order valence-electron chi connectivity index (χ0n) is 13.2. The average Bonchev–Trinajstić information content (AvgIpc) is 2.40. The van der Waals surface area contributed by atoms with E-state index in [0.717, 1.165) is 48.8 Å². The quantitative estimate of drug-likeness (QED) is 0.364.